The summed E-state index contributed by atoms with van der Waals surface area (Å²) in [7, 11) is 0. The van der Waals surface area contributed by atoms with Gasteiger partial charge in [0.2, 0.25) is 5.91 Å². The molecule has 3 rings (SSSR count). The Morgan fingerprint density at radius 2 is 1.84 bits per heavy atom. The maximum absolute atomic E-state index is 13.0. The van der Waals surface area contributed by atoms with Crippen LogP contribution in [0.5, 0.6) is 0 Å². The number of alkyl halides is 3. The monoisotopic (exact) mass is 444 g/mol. The Morgan fingerprint density at radius 3 is 2.47 bits per heavy atom. The molecule has 2 N–H and O–H groups in total. The minimum atomic E-state index is -4.44. The van der Waals surface area contributed by atoms with E-state index in [9.17, 15) is 22.8 Å². The number of halogens is 3. The third kappa shape index (κ3) is 5.40. The number of carbonyl (C=O) groups is 1. The van der Waals surface area contributed by atoms with Gasteiger partial charge in [-0.2, -0.15) is 13.2 Å². The summed E-state index contributed by atoms with van der Waals surface area (Å²) < 4.78 is 39.0. The van der Waals surface area contributed by atoms with Crippen LogP contribution in [-0.4, -0.2) is 27.4 Å². The van der Waals surface area contributed by atoms with Gasteiger partial charge in [-0.3, -0.25) is 14.6 Å². The number of aromatic amines is 1. The molecule has 6 nitrogen and oxygen atoms in total. The van der Waals surface area contributed by atoms with Crippen molar-refractivity contribution in [2.75, 3.05) is 6.54 Å². The summed E-state index contributed by atoms with van der Waals surface area (Å²) in [6.07, 6.45) is -1.46. The van der Waals surface area contributed by atoms with Crippen LogP contribution in [0.25, 0.3) is 11.4 Å². The molecule has 3 aromatic rings. The number of aryl methyl sites for hydroxylation is 1. The lowest BCUT2D eigenvalue weighted by Crippen LogP contribution is -2.38. The number of H-pyrrole nitrogens is 1. The van der Waals surface area contributed by atoms with Gasteiger partial charge in [0, 0.05) is 41.2 Å². The lowest BCUT2D eigenvalue weighted by Gasteiger charge is -2.26. The molecule has 0 aliphatic rings. The topological polar surface area (TPSA) is 87.7 Å². The lowest BCUT2D eigenvalue weighted by atomic mass is 9.83. The fraction of sp³-hybridized carbons (Fsp3) is 0.304. The zero-order valence-electron chi connectivity index (χ0n) is 17.9. The van der Waals surface area contributed by atoms with Gasteiger partial charge in [-0.25, -0.2) is 4.98 Å². The number of benzene rings is 1. The van der Waals surface area contributed by atoms with Crippen LogP contribution < -0.4 is 10.9 Å². The van der Waals surface area contributed by atoms with Gasteiger partial charge in [0.25, 0.3) is 5.56 Å². The molecule has 0 saturated heterocycles. The third-order valence-electron chi connectivity index (χ3n) is 5.19. The van der Waals surface area contributed by atoms with E-state index < -0.39 is 28.6 Å². The molecule has 1 amide bonds. The second kappa shape index (κ2) is 8.94. The molecular weight excluding hydrogens is 421 g/mol. The molecule has 2 aromatic heterocycles. The van der Waals surface area contributed by atoms with Crippen molar-refractivity contribution in [1.82, 2.24) is 20.3 Å². The highest BCUT2D eigenvalue weighted by Crippen LogP contribution is 2.32. The Bertz CT molecular complexity index is 1170. The van der Waals surface area contributed by atoms with Crippen molar-refractivity contribution in [1.29, 1.82) is 0 Å². The second-order valence-electron chi connectivity index (χ2n) is 8.14. The third-order valence-corrected chi connectivity index (χ3v) is 5.19. The fourth-order valence-corrected chi connectivity index (χ4v) is 3.22. The average Bonchev–Trinajstić information content (AvgIpc) is 2.75. The van der Waals surface area contributed by atoms with Crippen molar-refractivity contribution in [3.63, 3.8) is 0 Å². The van der Waals surface area contributed by atoms with Gasteiger partial charge in [-0.05, 0) is 30.7 Å². The van der Waals surface area contributed by atoms with Gasteiger partial charge in [-0.15, -0.1) is 0 Å². The van der Waals surface area contributed by atoms with E-state index in [1.54, 1.807) is 51.4 Å². The van der Waals surface area contributed by atoms with Crippen LogP contribution in [0.3, 0.4) is 0 Å². The van der Waals surface area contributed by atoms with Crippen LogP contribution in [-0.2, 0) is 22.8 Å². The largest absolute Gasteiger partial charge is 0.416 e. The molecule has 1 aromatic carbocycles. The fourth-order valence-electron chi connectivity index (χ4n) is 3.22. The normalized spacial score (nSPS) is 11.9. The van der Waals surface area contributed by atoms with Gasteiger partial charge in [0.15, 0.2) is 0 Å². The summed E-state index contributed by atoms with van der Waals surface area (Å²) in [5.74, 6) is -0.0648. The Morgan fingerprint density at radius 1 is 1.12 bits per heavy atom. The van der Waals surface area contributed by atoms with E-state index >= 15 is 0 Å². The first-order valence-electron chi connectivity index (χ1n) is 9.92. The highest BCUT2D eigenvalue weighted by atomic mass is 19.4. The Hall–Kier alpha value is -3.49. The number of aromatic nitrogens is 3. The molecule has 0 atom stereocenters. The Balaban J connectivity index is 1.70. The van der Waals surface area contributed by atoms with Crippen LogP contribution >= 0.6 is 0 Å². The number of hydrogen-bond donors (Lipinski definition) is 2. The maximum atomic E-state index is 13.0. The van der Waals surface area contributed by atoms with Crippen LogP contribution in [0, 0.1) is 6.92 Å². The van der Waals surface area contributed by atoms with Crippen molar-refractivity contribution < 1.29 is 18.0 Å². The molecule has 0 bridgehead atoms. The molecule has 0 unspecified atom stereocenters. The van der Waals surface area contributed by atoms with Gasteiger partial charge in [0.05, 0.1) is 12.0 Å². The predicted molar refractivity (Wildman–Crippen MR) is 114 cm³/mol. The first-order chi connectivity index (χ1) is 15.0. The highest BCUT2D eigenvalue weighted by molar-refractivity contribution is 5.79. The minimum Gasteiger partial charge on any atom is -0.355 e. The number of hydrogen-bond acceptors (Lipinski definition) is 4. The van der Waals surface area contributed by atoms with E-state index in [-0.39, 0.29) is 18.5 Å². The lowest BCUT2D eigenvalue weighted by molar-refractivity contribution is -0.137. The molecule has 0 saturated carbocycles. The predicted octanol–water partition coefficient (Wildman–Crippen LogP) is 3.80. The number of amides is 1. The standard InChI is InChI=1S/C23H23F3N4O2/c1-14-18(21(32)30-20(29-14)15-6-5-9-27-12-15)11-19(31)28-13-22(2,3)16-7-4-8-17(10-16)23(24,25)26/h4-10,12H,11,13H2,1-3H3,(H,28,31)(H,29,30,32). The summed E-state index contributed by atoms with van der Waals surface area (Å²) in [6, 6.07) is 8.51. The van der Waals surface area contributed by atoms with E-state index in [1.807, 2.05) is 0 Å². The molecule has 0 radical (unpaired) electrons. The second-order valence-corrected chi connectivity index (χ2v) is 8.14. The summed E-state index contributed by atoms with van der Waals surface area (Å²) in [4.78, 5) is 36.0. The SMILES string of the molecule is Cc1nc(-c2cccnc2)[nH]c(=O)c1CC(=O)NCC(C)(C)c1cccc(C(F)(F)F)c1. The van der Waals surface area contributed by atoms with Crippen molar-refractivity contribution in [2.24, 2.45) is 0 Å². The molecule has 2 heterocycles. The van der Waals surface area contributed by atoms with Crippen LogP contribution in [0.2, 0.25) is 0 Å². The van der Waals surface area contributed by atoms with Gasteiger partial charge < -0.3 is 10.3 Å². The van der Waals surface area contributed by atoms with Crippen molar-refractivity contribution in [3.8, 4) is 11.4 Å². The Labute approximate surface area is 182 Å². The van der Waals surface area contributed by atoms with Crippen LogP contribution in [0.15, 0.2) is 53.6 Å². The van der Waals surface area contributed by atoms with Crippen LogP contribution in [0.4, 0.5) is 13.2 Å². The molecule has 0 fully saturated rings. The quantitative estimate of drug-likeness (QED) is 0.606. The summed E-state index contributed by atoms with van der Waals surface area (Å²) in [6.45, 7) is 5.23. The molecule has 32 heavy (non-hydrogen) atoms. The number of rotatable bonds is 6. The van der Waals surface area contributed by atoms with Gasteiger partial charge in [0.1, 0.15) is 5.82 Å². The molecular formula is C23H23F3N4O2. The summed E-state index contributed by atoms with van der Waals surface area (Å²) >= 11 is 0. The Kier molecular flexibility index (Phi) is 6.47. The van der Waals surface area contributed by atoms with E-state index in [4.69, 9.17) is 0 Å². The van der Waals surface area contributed by atoms with Crippen molar-refractivity contribution in [2.45, 2.75) is 38.8 Å². The van der Waals surface area contributed by atoms with Gasteiger partial charge in [-0.1, -0.05) is 32.0 Å². The van der Waals surface area contributed by atoms with E-state index in [0.29, 0.717) is 22.6 Å². The molecule has 0 aliphatic carbocycles. The zero-order valence-corrected chi connectivity index (χ0v) is 17.9. The number of nitrogens with one attached hydrogen (secondary N) is 2. The smallest absolute Gasteiger partial charge is 0.355 e. The zero-order chi connectivity index (χ0) is 23.5. The van der Waals surface area contributed by atoms with Crippen molar-refractivity contribution in [3.05, 3.63) is 81.5 Å². The molecule has 0 spiro atoms. The summed E-state index contributed by atoms with van der Waals surface area (Å²) in [5.41, 5.74) is -0.177. The van der Waals surface area contributed by atoms with E-state index in [2.05, 4.69) is 20.3 Å². The molecule has 9 heteroatoms. The average molecular weight is 444 g/mol. The van der Waals surface area contributed by atoms with Gasteiger partial charge >= 0.3 is 6.18 Å². The minimum absolute atomic E-state index is 0.102. The van der Waals surface area contributed by atoms with E-state index in [1.165, 1.54) is 6.07 Å². The van der Waals surface area contributed by atoms with E-state index in [0.717, 1.165) is 12.1 Å². The van der Waals surface area contributed by atoms with Crippen LogP contribution in [0.1, 0.15) is 36.2 Å². The maximum Gasteiger partial charge on any atom is 0.416 e. The molecule has 168 valence electrons. The first kappa shape index (κ1) is 23.2. The summed E-state index contributed by atoms with van der Waals surface area (Å²) in [5, 5.41) is 2.72. The number of pyridine rings is 1. The highest BCUT2D eigenvalue weighted by Gasteiger charge is 2.32. The first-order valence-corrected chi connectivity index (χ1v) is 9.92. The van der Waals surface area contributed by atoms with Crippen molar-refractivity contribution >= 4 is 5.91 Å². The number of nitrogens with zero attached hydrogens (tertiary/aromatic N) is 2. The molecule has 0 aliphatic heterocycles. The number of carbonyl (C=O) groups excluding carboxylic acids is 1.